The van der Waals surface area contributed by atoms with Gasteiger partial charge in [0.25, 0.3) is 5.91 Å². The summed E-state index contributed by atoms with van der Waals surface area (Å²) < 4.78 is 6.54. The number of fused-ring (bicyclic) bond motifs is 1. The van der Waals surface area contributed by atoms with E-state index in [-0.39, 0.29) is 12.5 Å². The lowest BCUT2D eigenvalue weighted by Gasteiger charge is -2.18. The van der Waals surface area contributed by atoms with E-state index < -0.39 is 11.7 Å². The number of hydrogen-bond donors (Lipinski definition) is 2. The Bertz CT molecular complexity index is 1320. The van der Waals surface area contributed by atoms with E-state index in [2.05, 4.69) is 17.4 Å². The Morgan fingerprint density at radius 2 is 1.86 bits per heavy atom. The van der Waals surface area contributed by atoms with Crippen LogP contribution < -0.4 is 11.5 Å². The summed E-state index contributed by atoms with van der Waals surface area (Å²) in [5.41, 5.74) is 15.4. The fraction of sp³-hybridized carbons (Fsp3) is 0.259. The standard InChI is InChI=1S/C26H26N4O4.CH5N/c1-16(15-31)12-29-14-21-20(8-9-22(27)23(21)24(29)32)18-7-5-6-17(10-18)19-11-28-30(13-19)25(33)34-26(2,3)4;1-2/h5-11,13,15H,1,12,14,27H2,2-4H3;2H2,1H3. The number of rotatable bonds is 5. The van der Waals surface area contributed by atoms with Gasteiger partial charge in [-0.2, -0.15) is 9.78 Å². The van der Waals surface area contributed by atoms with Crippen LogP contribution in [-0.4, -0.2) is 52.2 Å². The number of aldehydes is 1. The molecule has 4 N–H and O–H groups in total. The number of benzene rings is 2. The molecule has 0 unspecified atom stereocenters. The smallest absolute Gasteiger partial charge is 0.435 e. The predicted octanol–water partition coefficient (Wildman–Crippen LogP) is 3.87. The van der Waals surface area contributed by atoms with Crippen molar-refractivity contribution in [3.05, 3.63) is 72.1 Å². The molecule has 0 radical (unpaired) electrons. The van der Waals surface area contributed by atoms with Gasteiger partial charge in [0.05, 0.1) is 11.8 Å². The van der Waals surface area contributed by atoms with E-state index in [9.17, 15) is 14.4 Å². The number of ether oxygens (including phenoxy) is 1. The first-order valence-electron chi connectivity index (χ1n) is 11.4. The molecule has 0 saturated carbocycles. The number of nitrogens with two attached hydrogens (primary N) is 2. The molecule has 1 amide bonds. The number of carbonyl (C=O) groups excluding carboxylic acids is 3. The number of hydrogen-bond acceptors (Lipinski definition) is 7. The molecule has 2 heterocycles. The molecule has 9 heteroatoms. The van der Waals surface area contributed by atoms with Gasteiger partial charge in [0.15, 0.2) is 0 Å². The minimum atomic E-state index is -0.623. The number of nitrogens with zero attached hydrogens (tertiary/aromatic N) is 3. The predicted molar refractivity (Wildman–Crippen MR) is 139 cm³/mol. The Hall–Kier alpha value is -4.24. The molecule has 0 saturated heterocycles. The lowest BCUT2D eigenvalue weighted by atomic mass is 9.94. The van der Waals surface area contributed by atoms with E-state index in [1.54, 1.807) is 44.1 Å². The number of anilines is 1. The zero-order valence-electron chi connectivity index (χ0n) is 20.9. The van der Waals surface area contributed by atoms with E-state index in [0.29, 0.717) is 29.7 Å². The van der Waals surface area contributed by atoms with Crippen molar-refractivity contribution in [2.24, 2.45) is 5.73 Å². The summed E-state index contributed by atoms with van der Waals surface area (Å²) >= 11 is 0. The van der Waals surface area contributed by atoms with Crippen molar-refractivity contribution in [1.29, 1.82) is 0 Å². The van der Waals surface area contributed by atoms with Crippen LogP contribution in [0.3, 0.4) is 0 Å². The molecule has 0 atom stereocenters. The highest BCUT2D eigenvalue weighted by Gasteiger charge is 2.32. The first-order chi connectivity index (χ1) is 17.1. The van der Waals surface area contributed by atoms with Crippen LogP contribution in [0.25, 0.3) is 22.3 Å². The molecule has 3 aromatic rings. The third-order valence-electron chi connectivity index (χ3n) is 5.43. The molecule has 0 fully saturated rings. The second-order valence-corrected chi connectivity index (χ2v) is 9.23. The van der Waals surface area contributed by atoms with E-state index in [0.717, 1.165) is 27.8 Å². The first-order valence-corrected chi connectivity index (χ1v) is 11.4. The number of amides is 1. The third-order valence-corrected chi connectivity index (χ3v) is 5.43. The summed E-state index contributed by atoms with van der Waals surface area (Å²) in [7, 11) is 1.50. The zero-order chi connectivity index (χ0) is 26.6. The minimum absolute atomic E-state index is 0.153. The van der Waals surface area contributed by atoms with Crippen molar-refractivity contribution in [3.63, 3.8) is 0 Å². The highest BCUT2D eigenvalue weighted by atomic mass is 16.6. The van der Waals surface area contributed by atoms with Gasteiger partial charge in [-0.15, -0.1) is 0 Å². The van der Waals surface area contributed by atoms with E-state index >= 15 is 0 Å². The van der Waals surface area contributed by atoms with Gasteiger partial charge in [-0.3, -0.25) is 9.59 Å². The fourth-order valence-electron chi connectivity index (χ4n) is 3.93. The van der Waals surface area contributed by atoms with Crippen LogP contribution in [0, 0.1) is 0 Å². The van der Waals surface area contributed by atoms with Crippen molar-refractivity contribution in [2.45, 2.75) is 32.9 Å². The summed E-state index contributed by atoms with van der Waals surface area (Å²) in [5, 5.41) is 4.14. The molecule has 0 spiro atoms. The fourth-order valence-corrected chi connectivity index (χ4v) is 3.93. The van der Waals surface area contributed by atoms with Gasteiger partial charge < -0.3 is 21.1 Å². The van der Waals surface area contributed by atoms with Crippen LogP contribution in [0.15, 0.2) is 60.9 Å². The molecule has 0 aliphatic carbocycles. The highest BCUT2D eigenvalue weighted by molar-refractivity contribution is 6.05. The summed E-state index contributed by atoms with van der Waals surface area (Å²) in [6.07, 6.45) is 3.33. The van der Waals surface area contributed by atoms with E-state index in [1.165, 1.54) is 11.7 Å². The van der Waals surface area contributed by atoms with Crippen LogP contribution in [0.1, 0.15) is 36.7 Å². The Kier molecular flexibility index (Phi) is 7.74. The summed E-state index contributed by atoms with van der Waals surface area (Å²) in [6.45, 7) is 9.56. The molecule has 9 nitrogen and oxygen atoms in total. The SMILES string of the molecule is C=C(C=O)CN1Cc2c(-c3cccc(-c4cnn(C(=O)OC(C)(C)C)c4)c3)ccc(N)c2C1=O.CN. The molecule has 2 aromatic carbocycles. The summed E-state index contributed by atoms with van der Waals surface area (Å²) in [6, 6.07) is 11.4. The van der Waals surface area contributed by atoms with Gasteiger partial charge in [0.2, 0.25) is 0 Å². The van der Waals surface area contributed by atoms with Crippen molar-refractivity contribution in [2.75, 3.05) is 19.3 Å². The van der Waals surface area contributed by atoms with E-state index in [4.69, 9.17) is 10.5 Å². The zero-order valence-corrected chi connectivity index (χ0v) is 20.9. The van der Waals surface area contributed by atoms with E-state index in [1.807, 2.05) is 30.3 Å². The van der Waals surface area contributed by atoms with Crippen LogP contribution in [0.4, 0.5) is 10.5 Å². The molecule has 36 heavy (non-hydrogen) atoms. The quantitative estimate of drug-likeness (QED) is 0.316. The lowest BCUT2D eigenvalue weighted by molar-refractivity contribution is -0.105. The molecule has 1 aliphatic heterocycles. The molecule has 1 aliphatic rings. The average Bonchev–Trinajstić information content (AvgIpc) is 3.46. The van der Waals surface area contributed by atoms with Crippen molar-refractivity contribution >= 4 is 24.0 Å². The largest absolute Gasteiger partial charge is 0.442 e. The third kappa shape index (κ3) is 5.52. The monoisotopic (exact) mass is 489 g/mol. The minimum Gasteiger partial charge on any atom is -0.442 e. The Labute approximate surface area is 210 Å². The normalized spacial score (nSPS) is 12.5. The highest BCUT2D eigenvalue weighted by Crippen LogP contribution is 2.37. The second-order valence-electron chi connectivity index (χ2n) is 9.23. The molecule has 4 rings (SSSR count). The molecule has 0 bridgehead atoms. The average molecular weight is 490 g/mol. The molecular formula is C27H31N5O4. The number of aromatic nitrogens is 2. The maximum Gasteiger partial charge on any atom is 0.435 e. The molecule has 188 valence electrons. The lowest BCUT2D eigenvalue weighted by Crippen LogP contribution is -2.27. The van der Waals surface area contributed by atoms with Gasteiger partial charge >= 0.3 is 6.09 Å². The van der Waals surface area contributed by atoms with Crippen LogP contribution in [-0.2, 0) is 16.1 Å². The van der Waals surface area contributed by atoms with Gasteiger partial charge in [-0.25, -0.2) is 4.79 Å². The van der Waals surface area contributed by atoms with Crippen LogP contribution in [0.2, 0.25) is 0 Å². The Balaban J connectivity index is 0.00000176. The molecular weight excluding hydrogens is 458 g/mol. The second kappa shape index (κ2) is 10.6. The van der Waals surface area contributed by atoms with Gasteiger partial charge in [-0.1, -0.05) is 30.8 Å². The summed E-state index contributed by atoms with van der Waals surface area (Å²) in [5.74, 6) is -0.216. The molecule has 1 aromatic heterocycles. The maximum atomic E-state index is 12.9. The maximum absolute atomic E-state index is 12.9. The van der Waals surface area contributed by atoms with Crippen molar-refractivity contribution in [1.82, 2.24) is 14.7 Å². The van der Waals surface area contributed by atoms with Gasteiger partial charge in [0, 0.05) is 36.1 Å². The van der Waals surface area contributed by atoms with Crippen LogP contribution >= 0.6 is 0 Å². The van der Waals surface area contributed by atoms with Crippen molar-refractivity contribution in [3.8, 4) is 22.3 Å². The number of nitrogen functional groups attached to an aromatic ring is 1. The number of carbonyl (C=O) groups is 3. The van der Waals surface area contributed by atoms with Gasteiger partial charge in [-0.05, 0) is 62.2 Å². The van der Waals surface area contributed by atoms with Gasteiger partial charge in [0.1, 0.15) is 11.9 Å². The first kappa shape index (κ1) is 26.4. The summed E-state index contributed by atoms with van der Waals surface area (Å²) in [4.78, 5) is 37.8. The van der Waals surface area contributed by atoms with Crippen LogP contribution in [0.5, 0.6) is 0 Å². The Morgan fingerprint density at radius 3 is 2.53 bits per heavy atom. The Morgan fingerprint density at radius 1 is 1.17 bits per heavy atom. The van der Waals surface area contributed by atoms with Crippen molar-refractivity contribution < 1.29 is 19.1 Å². The topological polar surface area (TPSA) is 134 Å².